The summed E-state index contributed by atoms with van der Waals surface area (Å²) in [6, 6.07) is 11.2. The van der Waals surface area contributed by atoms with Gasteiger partial charge in [0, 0.05) is 22.1 Å². The van der Waals surface area contributed by atoms with Crippen molar-refractivity contribution < 1.29 is 27.8 Å². The Labute approximate surface area is 175 Å². The average Bonchev–Trinajstić information content (AvgIpc) is 3.15. The second kappa shape index (κ2) is 9.45. The van der Waals surface area contributed by atoms with Crippen LogP contribution in [0.5, 0.6) is 11.5 Å². The first-order valence-electron chi connectivity index (χ1n) is 8.85. The summed E-state index contributed by atoms with van der Waals surface area (Å²) in [5.41, 5.74) is 1.84. The van der Waals surface area contributed by atoms with Crippen molar-refractivity contribution in [3.63, 3.8) is 0 Å². The fourth-order valence-electron chi connectivity index (χ4n) is 2.80. The third-order valence-corrected chi connectivity index (χ3v) is 4.93. The van der Waals surface area contributed by atoms with Gasteiger partial charge in [0.05, 0.1) is 19.2 Å². The second-order valence-electron chi connectivity index (χ2n) is 6.22. The van der Waals surface area contributed by atoms with E-state index in [4.69, 9.17) is 4.74 Å². The van der Waals surface area contributed by atoms with E-state index in [0.29, 0.717) is 33.3 Å². The monoisotopic (exact) mass is 432 g/mol. The van der Waals surface area contributed by atoms with Gasteiger partial charge in [0.1, 0.15) is 11.5 Å². The number of nitrogens with one attached hydrogen (secondary N) is 1. The van der Waals surface area contributed by atoms with Gasteiger partial charge in [-0.2, -0.15) is 8.78 Å². The first-order valence-corrected chi connectivity index (χ1v) is 9.72. The van der Waals surface area contributed by atoms with Crippen LogP contribution in [0.1, 0.15) is 22.8 Å². The van der Waals surface area contributed by atoms with Crippen molar-refractivity contribution in [3.8, 4) is 22.8 Å². The number of thiazole rings is 1. The molecule has 6 nitrogen and oxygen atoms in total. The molecule has 0 atom stereocenters. The van der Waals surface area contributed by atoms with Gasteiger partial charge < -0.3 is 14.8 Å². The topological polar surface area (TPSA) is 77.5 Å². The lowest BCUT2D eigenvalue weighted by molar-refractivity contribution is -0.115. The van der Waals surface area contributed by atoms with Crippen LogP contribution in [-0.2, 0) is 11.2 Å². The SMILES string of the molecule is COc1ccc(C(C)=O)cc1CC(=O)Nc1nc(-c2ccccc2OC(F)F)cs1. The maximum absolute atomic E-state index is 12.6. The number of Topliss-reactive ketones (excluding diaryl/α,β-unsaturated/α-hetero) is 1. The molecule has 1 aromatic heterocycles. The zero-order valence-electron chi connectivity index (χ0n) is 16.1. The number of para-hydroxylation sites is 1. The Morgan fingerprint density at radius 1 is 1.17 bits per heavy atom. The predicted octanol–water partition coefficient (Wildman–Crippen LogP) is 4.80. The van der Waals surface area contributed by atoms with Crippen molar-refractivity contribution in [2.45, 2.75) is 20.0 Å². The Balaban J connectivity index is 1.75. The number of anilines is 1. The van der Waals surface area contributed by atoms with E-state index in [2.05, 4.69) is 15.0 Å². The highest BCUT2D eigenvalue weighted by molar-refractivity contribution is 7.14. The molecular weight excluding hydrogens is 414 g/mol. The Kier molecular flexibility index (Phi) is 6.73. The first kappa shape index (κ1) is 21.4. The van der Waals surface area contributed by atoms with Crippen LogP contribution < -0.4 is 14.8 Å². The molecule has 0 unspecified atom stereocenters. The van der Waals surface area contributed by atoms with Gasteiger partial charge in [0.2, 0.25) is 5.91 Å². The molecule has 3 rings (SSSR count). The molecule has 1 N–H and O–H groups in total. The van der Waals surface area contributed by atoms with Gasteiger partial charge in [-0.15, -0.1) is 11.3 Å². The van der Waals surface area contributed by atoms with Crippen molar-refractivity contribution >= 4 is 28.2 Å². The van der Waals surface area contributed by atoms with Gasteiger partial charge in [-0.3, -0.25) is 9.59 Å². The van der Waals surface area contributed by atoms with Crippen LogP contribution in [0, 0.1) is 0 Å². The van der Waals surface area contributed by atoms with Crippen LogP contribution in [0.2, 0.25) is 0 Å². The number of amides is 1. The van der Waals surface area contributed by atoms with Crippen molar-refractivity contribution in [1.29, 1.82) is 0 Å². The van der Waals surface area contributed by atoms with Crippen LogP contribution >= 0.6 is 11.3 Å². The molecule has 0 saturated carbocycles. The van der Waals surface area contributed by atoms with Crippen molar-refractivity contribution in [3.05, 3.63) is 59.0 Å². The molecule has 3 aromatic rings. The lowest BCUT2D eigenvalue weighted by Gasteiger charge is -2.10. The number of carbonyl (C=O) groups excluding carboxylic acids is 2. The summed E-state index contributed by atoms with van der Waals surface area (Å²) in [5.74, 6) is 0.0232. The van der Waals surface area contributed by atoms with E-state index in [1.807, 2.05) is 0 Å². The minimum absolute atomic E-state index is 0.00135. The van der Waals surface area contributed by atoms with E-state index in [0.717, 1.165) is 11.3 Å². The Bertz CT molecular complexity index is 1070. The summed E-state index contributed by atoms with van der Waals surface area (Å²) >= 11 is 1.16. The summed E-state index contributed by atoms with van der Waals surface area (Å²) < 4.78 is 35.0. The number of methoxy groups -OCH3 is 1. The largest absolute Gasteiger partial charge is 0.496 e. The van der Waals surface area contributed by atoms with Gasteiger partial charge >= 0.3 is 6.61 Å². The zero-order chi connectivity index (χ0) is 21.7. The number of hydrogen-bond acceptors (Lipinski definition) is 6. The third kappa shape index (κ3) is 5.18. The molecule has 0 fully saturated rings. The van der Waals surface area contributed by atoms with E-state index in [1.165, 1.54) is 20.1 Å². The number of ether oxygens (including phenoxy) is 2. The quantitative estimate of drug-likeness (QED) is 0.517. The van der Waals surface area contributed by atoms with E-state index in [9.17, 15) is 18.4 Å². The van der Waals surface area contributed by atoms with Gasteiger partial charge in [0.15, 0.2) is 10.9 Å². The van der Waals surface area contributed by atoms with Crippen molar-refractivity contribution in [2.75, 3.05) is 12.4 Å². The van der Waals surface area contributed by atoms with Crippen LogP contribution in [0.15, 0.2) is 47.8 Å². The number of halogens is 2. The molecule has 0 aliphatic rings. The van der Waals surface area contributed by atoms with E-state index in [1.54, 1.807) is 41.8 Å². The lowest BCUT2D eigenvalue weighted by atomic mass is 10.0. The second-order valence-corrected chi connectivity index (χ2v) is 7.08. The molecule has 2 aromatic carbocycles. The van der Waals surface area contributed by atoms with E-state index >= 15 is 0 Å². The molecule has 0 aliphatic carbocycles. The highest BCUT2D eigenvalue weighted by Gasteiger charge is 2.16. The molecule has 30 heavy (non-hydrogen) atoms. The van der Waals surface area contributed by atoms with Gasteiger partial charge in [0.25, 0.3) is 0 Å². The molecule has 0 radical (unpaired) electrons. The number of ketones is 1. The van der Waals surface area contributed by atoms with Crippen LogP contribution in [0.25, 0.3) is 11.3 Å². The minimum Gasteiger partial charge on any atom is -0.496 e. The highest BCUT2D eigenvalue weighted by atomic mass is 32.1. The Hall–Kier alpha value is -3.33. The molecule has 0 saturated heterocycles. The van der Waals surface area contributed by atoms with Crippen molar-refractivity contribution in [1.82, 2.24) is 4.98 Å². The standard InChI is InChI=1S/C21H18F2N2O4S/c1-12(26)13-7-8-17(28-2)14(9-13)10-19(27)25-21-24-16(11-30-21)15-5-3-4-6-18(15)29-20(22)23/h3-9,11,20H,10H2,1-2H3,(H,24,25,27). The summed E-state index contributed by atoms with van der Waals surface area (Å²) in [6.07, 6.45) is -0.0235. The molecule has 0 aliphatic heterocycles. The molecule has 1 heterocycles. The Morgan fingerprint density at radius 2 is 1.93 bits per heavy atom. The number of hydrogen-bond donors (Lipinski definition) is 1. The number of carbonyl (C=O) groups is 2. The lowest BCUT2D eigenvalue weighted by Crippen LogP contribution is -2.15. The smallest absolute Gasteiger partial charge is 0.387 e. The molecule has 1 amide bonds. The minimum atomic E-state index is -2.95. The predicted molar refractivity (Wildman–Crippen MR) is 110 cm³/mol. The average molecular weight is 432 g/mol. The maximum Gasteiger partial charge on any atom is 0.387 e. The molecule has 156 valence electrons. The number of alkyl halides is 2. The zero-order valence-corrected chi connectivity index (χ0v) is 17.0. The summed E-state index contributed by atoms with van der Waals surface area (Å²) in [7, 11) is 1.48. The van der Waals surface area contributed by atoms with Crippen LogP contribution in [0.3, 0.4) is 0 Å². The highest BCUT2D eigenvalue weighted by Crippen LogP contribution is 2.33. The van der Waals surface area contributed by atoms with Crippen LogP contribution in [0.4, 0.5) is 13.9 Å². The number of benzene rings is 2. The molecule has 0 spiro atoms. The molecular formula is C21H18F2N2O4S. The van der Waals surface area contributed by atoms with E-state index < -0.39 is 6.61 Å². The normalized spacial score (nSPS) is 10.7. The maximum atomic E-state index is 12.6. The molecule has 0 bridgehead atoms. The number of nitrogens with zero attached hydrogens (tertiary/aromatic N) is 1. The number of aromatic nitrogens is 1. The van der Waals surface area contributed by atoms with E-state index in [-0.39, 0.29) is 23.9 Å². The summed E-state index contributed by atoms with van der Waals surface area (Å²) in [6.45, 7) is -1.51. The third-order valence-electron chi connectivity index (χ3n) is 4.17. The fourth-order valence-corrected chi connectivity index (χ4v) is 3.53. The first-order chi connectivity index (χ1) is 14.4. The van der Waals surface area contributed by atoms with Gasteiger partial charge in [-0.05, 0) is 37.3 Å². The fraction of sp³-hybridized carbons (Fsp3) is 0.190. The summed E-state index contributed by atoms with van der Waals surface area (Å²) in [5, 5.41) is 4.63. The number of rotatable bonds is 8. The Morgan fingerprint density at radius 3 is 2.63 bits per heavy atom. The van der Waals surface area contributed by atoms with Gasteiger partial charge in [-0.25, -0.2) is 4.98 Å². The van der Waals surface area contributed by atoms with Gasteiger partial charge in [-0.1, -0.05) is 12.1 Å². The van der Waals surface area contributed by atoms with Crippen molar-refractivity contribution in [2.24, 2.45) is 0 Å². The van der Waals surface area contributed by atoms with Crippen LogP contribution in [-0.4, -0.2) is 30.4 Å². The summed E-state index contributed by atoms with van der Waals surface area (Å²) in [4.78, 5) is 28.4. The molecule has 9 heteroatoms.